The molecule has 2 aromatic rings. The van der Waals surface area contributed by atoms with E-state index < -0.39 is 6.61 Å². The lowest BCUT2D eigenvalue weighted by molar-refractivity contribution is -0.0516. The third-order valence-electron chi connectivity index (χ3n) is 3.63. The Labute approximate surface area is 133 Å². The molecule has 1 aromatic carbocycles. The van der Waals surface area contributed by atoms with E-state index in [0.717, 1.165) is 18.4 Å². The van der Waals surface area contributed by atoms with E-state index in [1.165, 1.54) is 6.07 Å². The number of aromatic nitrogens is 1. The largest absolute Gasteiger partial charge is 0.489 e. The zero-order chi connectivity index (χ0) is 16.1. The van der Waals surface area contributed by atoms with Crippen molar-refractivity contribution < 1.29 is 23.1 Å². The molecule has 0 atom stereocenters. The van der Waals surface area contributed by atoms with Crippen LogP contribution in [0.1, 0.15) is 18.4 Å². The van der Waals surface area contributed by atoms with Gasteiger partial charge in [0.1, 0.15) is 6.61 Å². The van der Waals surface area contributed by atoms with E-state index in [-0.39, 0.29) is 5.75 Å². The highest BCUT2D eigenvalue weighted by Gasteiger charge is 2.24. The lowest BCUT2D eigenvalue weighted by Gasteiger charge is -2.16. The van der Waals surface area contributed by atoms with Crippen LogP contribution in [-0.2, 0) is 6.42 Å². The summed E-state index contributed by atoms with van der Waals surface area (Å²) in [6, 6.07) is 8.76. The molecule has 0 aliphatic heterocycles. The third kappa shape index (κ3) is 4.61. The molecule has 0 bridgehead atoms. The molecule has 0 N–H and O–H groups in total. The summed E-state index contributed by atoms with van der Waals surface area (Å²) in [5, 5.41) is 0. The van der Waals surface area contributed by atoms with Gasteiger partial charge in [0.05, 0.1) is 6.61 Å². The maximum Gasteiger partial charge on any atom is 0.387 e. The summed E-state index contributed by atoms with van der Waals surface area (Å²) < 4.78 is 37.1. The molecule has 1 fully saturated rings. The molecule has 0 amide bonds. The quantitative estimate of drug-likeness (QED) is 0.707. The second-order valence-corrected chi connectivity index (χ2v) is 5.50. The Hall–Kier alpha value is -2.24. The first-order valence-electron chi connectivity index (χ1n) is 7.68. The topological polar surface area (TPSA) is 32.6 Å². The molecule has 1 aromatic heterocycles. The number of benzene rings is 1. The van der Waals surface area contributed by atoms with E-state index >= 15 is 0 Å². The lowest BCUT2D eigenvalue weighted by atomic mass is 10.1. The highest BCUT2D eigenvalue weighted by molar-refractivity contribution is 5.47. The normalized spacial score (nSPS) is 14.0. The second-order valence-electron chi connectivity index (χ2n) is 5.50. The van der Waals surface area contributed by atoms with Crippen molar-refractivity contribution in [3.8, 4) is 11.5 Å². The third-order valence-corrected chi connectivity index (χ3v) is 3.63. The molecular weight excluding hydrogens is 304 g/mol. The zero-order valence-corrected chi connectivity index (χ0v) is 12.7. The van der Waals surface area contributed by atoms with Gasteiger partial charge in [0.25, 0.3) is 0 Å². The van der Waals surface area contributed by atoms with Crippen molar-refractivity contribution in [3.05, 3.63) is 48.3 Å². The maximum absolute atomic E-state index is 12.6. The molecule has 1 heterocycles. The molecule has 1 aliphatic rings. The van der Waals surface area contributed by atoms with Gasteiger partial charge in [0.15, 0.2) is 11.5 Å². The van der Waals surface area contributed by atoms with Crippen molar-refractivity contribution in [3.63, 3.8) is 0 Å². The van der Waals surface area contributed by atoms with Crippen LogP contribution in [0, 0.1) is 5.92 Å². The molecule has 0 unspecified atom stereocenters. The smallest absolute Gasteiger partial charge is 0.387 e. The fourth-order valence-corrected chi connectivity index (χ4v) is 2.26. The van der Waals surface area contributed by atoms with Crippen LogP contribution in [0.3, 0.4) is 0 Å². The Morgan fingerprint density at radius 2 is 1.91 bits per heavy atom. The van der Waals surface area contributed by atoms with Crippen molar-refractivity contribution in [2.75, 3.05) is 13.2 Å². The highest BCUT2D eigenvalue weighted by atomic mass is 19.3. The summed E-state index contributed by atoms with van der Waals surface area (Å²) >= 11 is 0. The molecular formula is C17H19F2NO3. The number of hydrogen-bond donors (Lipinski definition) is 0. The van der Waals surface area contributed by atoms with Gasteiger partial charge in [-0.05, 0) is 37.0 Å². The minimum Gasteiger partial charge on any atom is -0.489 e. The van der Waals surface area contributed by atoms with Gasteiger partial charge in [0, 0.05) is 24.4 Å². The Kier molecular flexibility index (Phi) is 5.00. The van der Waals surface area contributed by atoms with Crippen LogP contribution in [0.15, 0.2) is 42.7 Å². The van der Waals surface area contributed by atoms with E-state index in [2.05, 4.69) is 4.74 Å². The monoisotopic (exact) mass is 323 g/mol. The number of ether oxygens (including phenoxy) is 2. The number of hydrogen-bond acceptors (Lipinski definition) is 3. The number of para-hydroxylation sites is 1. The average Bonchev–Trinajstić information content (AvgIpc) is 3.20. The van der Waals surface area contributed by atoms with Gasteiger partial charge in [-0.2, -0.15) is 13.5 Å². The molecule has 124 valence electrons. The van der Waals surface area contributed by atoms with Crippen LogP contribution in [0.5, 0.6) is 11.5 Å². The number of halogens is 2. The van der Waals surface area contributed by atoms with Gasteiger partial charge in [0.2, 0.25) is 0 Å². The number of rotatable bonds is 9. The van der Waals surface area contributed by atoms with E-state index in [9.17, 15) is 8.78 Å². The van der Waals surface area contributed by atoms with Crippen LogP contribution in [0.25, 0.3) is 0 Å². The Balaban J connectivity index is 1.67. The minimum absolute atomic E-state index is 0.0825. The maximum atomic E-state index is 12.6. The SMILES string of the molecule is FC(F)Oc1cccc(CCOn2cccc2)c1OCC1CC1. The summed E-state index contributed by atoms with van der Waals surface area (Å²) in [6.45, 7) is -1.92. The standard InChI is InChI=1S/C17H19F2NO3/c18-17(19)23-15-5-3-4-14(16(15)21-12-13-6-7-13)8-11-22-20-9-1-2-10-20/h1-5,9-10,13,17H,6-8,11-12H2. The Morgan fingerprint density at radius 3 is 2.61 bits per heavy atom. The first-order valence-corrected chi connectivity index (χ1v) is 7.68. The molecule has 6 heteroatoms. The predicted octanol–water partition coefficient (Wildman–Crippen LogP) is 3.55. The van der Waals surface area contributed by atoms with Crippen LogP contribution < -0.4 is 14.3 Å². The summed E-state index contributed by atoms with van der Waals surface area (Å²) in [5.41, 5.74) is 0.802. The van der Waals surface area contributed by atoms with Crippen molar-refractivity contribution in [1.29, 1.82) is 0 Å². The molecule has 23 heavy (non-hydrogen) atoms. The molecule has 0 saturated heterocycles. The summed E-state index contributed by atoms with van der Waals surface area (Å²) in [4.78, 5) is 5.54. The number of alkyl halides is 2. The first-order chi connectivity index (χ1) is 11.2. The molecule has 1 aliphatic carbocycles. The molecule has 3 rings (SSSR count). The van der Waals surface area contributed by atoms with Crippen LogP contribution in [0.2, 0.25) is 0 Å². The van der Waals surface area contributed by atoms with Crippen molar-refractivity contribution in [2.45, 2.75) is 25.9 Å². The molecule has 0 spiro atoms. The van der Waals surface area contributed by atoms with E-state index in [0.29, 0.717) is 31.3 Å². The fourth-order valence-electron chi connectivity index (χ4n) is 2.26. The summed E-state index contributed by atoms with van der Waals surface area (Å²) in [5.74, 6) is 1.01. The van der Waals surface area contributed by atoms with Crippen LogP contribution in [-0.4, -0.2) is 24.6 Å². The fraction of sp³-hybridized carbons (Fsp3) is 0.412. The summed E-state index contributed by atoms with van der Waals surface area (Å²) in [7, 11) is 0. The van der Waals surface area contributed by atoms with Crippen molar-refractivity contribution >= 4 is 0 Å². The zero-order valence-electron chi connectivity index (χ0n) is 12.7. The van der Waals surface area contributed by atoms with Gasteiger partial charge in [-0.3, -0.25) is 0 Å². The molecule has 1 saturated carbocycles. The number of nitrogens with zero attached hydrogens (tertiary/aromatic N) is 1. The van der Waals surface area contributed by atoms with Gasteiger partial charge < -0.3 is 14.3 Å². The van der Waals surface area contributed by atoms with Gasteiger partial charge in [-0.15, -0.1) is 0 Å². The van der Waals surface area contributed by atoms with E-state index in [1.54, 1.807) is 23.2 Å². The summed E-state index contributed by atoms with van der Waals surface area (Å²) in [6.07, 6.45) is 6.38. The minimum atomic E-state index is -2.87. The second kappa shape index (κ2) is 7.35. The first kappa shape index (κ1) is 15.6. The Morgan fingerprint density at radius 1 is 1.13 bits per heavy atom. The van der Waals surface area contributed by atoms with E-state index in [1.807, 2.05) is 18.2 Å². The van der Waals surface area contributed by atoms with Gasteiger partial charge in [-0.25, -0.2) is 0 Å². The predicted molar refractivity (Wildman–Crippen MR) is 80.9 cm³/mol. The van der Waals surface area contributed by atoms with E-state index in [4.69, 9.17) is 9.57 Å². The van der Waals surface area contributed by atoms with Crippen molar-refractivity contribution in [1.82, 2.24) is 4.73 Å². The Bertz CT molecular complexity index is 612. The molecule has 0 radical (unpaired) electrons. The molecule has 4 nitrogen and oxygen atoms in total. The van der Waals surface area contributed by atoms with Gasteiger partial charge in [-0.1, -0.05) is 12.1 Å². The highest BCUT2D eigenvalue weighted by Crippen LogP contribution is 2.36. The van der Waals surface area contributed by atoms with Gasteiger partial charge >= 0.3 is 6.61 Å². The van der Waals surface area contributed by atoms with Crippen LogP contribution >= 0.6 is 0 Å². The average molecular weight is 323 g/mol. The van der Waals surface area contributed by atoms with Crippen molar-refractivity contribution in [2.24, 2.45) is 5.92 Å². The van der Waals surface area contributed by atoms with Crippen LogP contribution in [0.4, 0.5) is 8.78 Å². The lowest BCUT2D eigenvalue weighted by Crippen LogP contribution is -2.14.